The maximum absolute atomic E-state index is 6.61. The molecule has 1 atom stereocenters. The molecule has 9 aromatic carbocycles. The fraction of sp³-hybridized carbons (Fsp3) is 0.0526. The maximum Gasteiger partial charge on any atom is 0.137 e. The molecule has 10 aromatic rings. The predicted octanol–water partition coefficient (Wildman–Crippen LogP) is 14.7. The van der Waals surface area contributed by atoms with Crippen molar-refractivity contribution < 1.29 is 4.42 Å². The van der Waals surface area contributed by atoms with Crippen molar-refractivity contribution in [2.75, 3.05) is 4.90 Å². The zero-order valence-electron chi connectivity index (χ0n) is 32.5. The van der Waals surface area contributed by atoms with Gasteiger partial charge in [-0.05, 0) is 116 Å². The standard InChI is InChI=1S/C57H37NO/c1-56(36-16-3-2-4-17-36)47-24-9-5-18-39(47)42-32-30-37(34-51(42)56)58(38-31-33-44-43-21-8-14-29-53(43)59-54(44)35-38)52-28-13-12-27-50(52)57-48-25-10-6-19-40(48)45-22-15-23-46(55(45)57)41-20-7-11-26-49(41)57/h2-35H,1H3. The normalized spacial score (nSPS) is 16.1. The quantitative estimate of drug-likeness (QED) is 0.174. The van der Waals surface area contributed by atoms with Gasteiger partial charge in [0.05, 0.1) is 11.1 Å². The van der Waals surface area contributed by atoms with Crippen LogP contribution in [0.1, 0.15) is 45.9 Å². The van der Waals surface area contributed by atoms with Crippen molar-refractivity contribution >= 4 is 39.0 Å². The van der Waals surface area contributed by atoms with Crippen LogP contribution in [0, 0.1) is 0 Å². The van der Waals surface area contributed by atoms with Gasteiger partial charge >= 0.3 is 0 Å². The summed E-state index contributed by atoms with van der Waals surface area (Å²) in [5, 5.41) is 2.24. The fourth-order valence-corrected chi connectivity index (χ4v) is 11.3. The van der Waals surface area contributed by atoms with Gasteiger partial charge in [-0.2, -0.15) is 0 Å². The summed E-state index contributed by atoms with van der Waals surface area (Å²) in [5.41, 5.74) is 21.2. The number of fused-ring (bicyclic) bond motifs is 12. The lowest BCUT2D eigenvalue weighted by Gasteiger charge is -2.37. The number of para-hydroxylation sites is 2. The molecule has 13 rings (SSSR count). The van der Waals surface area contributed by atoms with Gasteiger partial charge in [0, 0.05) is 33.6 Å². The molecule has 0 spiro atoms. The highest BCUT2D eigenvalue weighted by atomic mass is 16.3. The van der Waals surface area contributed by atoms with Crippen molar-refractivity contribution in [3.8, 4) is 33.4 Å². The third-order valence-electron chi connectivity index (χ3n) is 13.8. The van der Waals surface area contributed by atoms with Crippen molar-refractivity contribution in [3.05, 3.63) is 245 Å². The zero-order valence-corrected chi connectivity index (χ0v) is 32.5. The Balaban J connectivity index is 1.12. The first-order valence-electron chi connectivity index (χ1n) is 20.6. The van der Waals surface area contributed by atoms with Crippen LogP contribution in [0.2, 0.25) is 0 Å². The van der Waals surface area contributed by atoms with Gasteiger partial charge in [0.25, 0.3) is 0 Å². The minimum atomic E-state index is -0.525. The van der Waals surface area contributed by atoms with Crippen molar-refractivity contribution in [1.82, 2.24) is 0 Å². The van der Waals surface area contributed by atoms with Crippen LogP contribution in [-0.4, -0.2) is 0 Å². The van der Waals surface area contributed by atoms with Gasteiger partial charge in [0.15, 0.2) is 0 Å². The Labute approximate surface area is 343 Å². The first-order chi connectivity index (χ1) is 29.2. The Morgan fingerprint density at radius 3 is 1.64 bits per heavy atom. The van der Waals surface area contributed by atoms with Gasteiger partial charge < -0.3 is 9.32 Å². The number of hydrogen-bond donors (Lipinski definition) is 0. The van der Waals surface area contributed by atoms with E-state index in [1.807, 2.05) is 6.07 Å². The molecule has 3 aliphatic rings. The molecule has 0 N–H and O–H groups in total. The van der Waals surface area contributed by atoms with Crippen LogP contribution < -0.4 is 4.90 Å². The van der Waals surface area contributed by atoms with E-state index in [0.29, 0.717) is 0 Å². The van der Waals surface area contributed by atoms with Crippen molar-refractivity contribution in [2.45, 2.75) is 17.8 Å². The lowest BCUT2D eigenvalue weighted by Crippen LogP contribution is -2.29. The van der Waals surface area contributed by atoms with Crippen LogP contribution in [-0.2, 0) is 10.8 Å². The maximum atomic E-state index is 6.61. The largest absolute Gasteiger partial charge is 0.456 e. The molecule has 59 heavy (non-hydrogen) atoms. The molecule has 0 radical (unpaired) electrons. The molecule has 2 heteroatoms. The number of benzene rings is 9. The molecule has 0 saturated carbocycles. The summed E-state index contributed by atoms with van der Waals surface area (Å²) in [6.07, 6.45) is 0. The summed E-state index contributed by atoms with van der Waals surface area (Å²) in [5.74, 6) is 0. The number of hydrogen-bond acceptors (Lipinski definition) is 2. The van der Waals surface area contributed by atoms with E-state index in [2.05, 4.69) is 212 Å². The first kappa shape index (κ1) is 32.6. The zero-order chi connectivity index (χ0) is 38.9. The Bertz CT molecular complexity index is 3310. The van der Waals surface area contributed by atoms with Crippen LogP contribution >= 0.6 is 0 Å². The van der Waals surface area contributed by atoms with Crippen LogP contribution in [0.25, 0.3) is 55.3 Å². The highest BCUT2D eigenvalue weighted by Gasteiger charge is 2.53. The lowest BCUT2D eigenvalue weighted by molar-refractivity contribution is 0.669. The van der Waals surface area contributed by atoms with Crippen LogP contribution in [0.15, 0.2) is 211 Å². The van der Waals surface area contributed by atoms with Gasteiger partial charge in [-0.25, -0.2) is 0 Å². The molecule has 1 unspecified atom stereocenters. The molecule has 0 aliphatic heterocycles. The minimum Gasteiger partial charge on any atom is -0.456 e. The first-order valence-corrected chi connectivity index (χ1v) is 20.6. The number of anilines is 3. The van der Waals surface area contributed by atoms with E-state index >= 15 is 0 Å². The molecule has 0 bridgehead atoms. The summed E-state index contributed by atoms with van der Waals surface area (Å²) < 4.78 is 6.61. The summed E-state index contributed by atoms with van der Waals surface area (Å²) in [6, 6.07) is 76.4. The topological polar surface area (TPSA) is 16.4 Å². The van der Waals surface area contributed by atoms with Gasteiger partial charge in [0.2, 0.25) is 0 Å². The number of furan rings is 1. The van der Waals surface area contributed by atoms with Crippen LogP contribution in [0.4, 0.5) is 17.1 Å². The van der Waals surface area contributed by atoms with E-state index in [1.54, 1.807) is 0 Å². The van der Waals surface area contributed by atoms with Crippen LogP contribution in [0.3, 0.4) is 0 Å². The molecule has 1 aromatic heterocycles. The highest BCUT2D eigenvalue weighted by molar-refractivity contribution is 6.07. The van der Waals surface area contributed by atoms with E-state index in [0.717, 1.165) is 39.0 Å². The summed E-state index contributed by atoms with van der Waals surface area (Å²) >= 11 is 0. The van der Waals surface area contributed by atoms with Crippen molar-refractivity contribution in [1.29, 1.82) is 0 Å². The predicted molar refractivity (Wildman–Crippen MR) is 242 cm³/mol. The van der Waals surface area contributed by atoms with Gasteiger partial charge in [-0.1, -0.05) is 164 Å². The van der Waals surface area contributed by atoms with E-state index in [-0.39, 0.29) is 5.41 Å². The highest BCUT2D eigenvalue weighted by Crippen LogP contribution is 2.66. The van der Waals surface area contributed by atoms with E-state index in [9.17, 15) is 0 Å². The summed E-state index contributed by atoms with van der Waals surface area (Å²) in [4.78, 5) is 2.50. The number of rotatable bonds is 5. The molecular weight excluding hydrogens is 715 g/mol. The average Bonchev–Trinajstić information content (AvgIpc) is 4.00. The third kappa shape index (κ3) is 4.15. The molecule has 2 nitrogen and oxygen atoms in total. The lowest BCUT2D eigenvalue weighted by atomic mass is 9.69. The Morgan fingerprint density at radius 1 is 0.373 bits per heavy atom. The minimum absolute atomic E-state index is 0.349. The van der Waals surface area contributed by atoms with Crippen LogP contribution in [0.5, 0.6) is 0 Å². The van der Waals surface area contributed by atoms with Crippen molar-refractivity contribution in [3.63, 3.8) is 0 Å². The second-order valence-corrected chi connectivity index (χ2v) is 16.5. The summed E-state index contributed by atoms with van der Waals surface area (Å²) in [7, 11) is 0. The van der Waals surface area contributed by atoms with Crippen molar-refractivity contribution in [2.24, 2.45) is 0 Å². The molecular formula is C57H37NO. The fourth-order valence-electron chi connectivity index (χ4n) is 11.3. The second-order valence-electron chi connectivity index (χ2n) is 16.5. The molecule has 0 fully saturated rings. The second kappa shape index (κ2) is 11.8. The average molecular weight is 752 g/mol. The summed E-state index contributed by atoms with van der Waals surface area (Å²) in [6.45, 7) is 2.40. The third-order valence-corrected chi connectivity index (χ3v) is 13.8. The Kier molecular flexibility index (Phi) is 6.54. The van der Waals surface area contributed by atoms with Gasteiger partial charge in [-0.15, -0.1) is 0 Å². The SMILES string of the molecule is CC1(c2ccccc2)c2ccccc2-c2ccc(N(c3ccc4c(c3)oc3ccccc34)c3ccccc3C34c5ccccc5-c5cccc(c53)-c3ccccc34)cc21. The molecule has 1 heterocycles. The molecule has 0 saturated heterocycles. The Hall–Kier alpha value is -7.42. The van der Waals surface area contributed by atoms with E-state index in [4.69, 9.17) is 4.42 Å². The number of nitrogens with zero attached hydrogens (tertiary/aromatic N) is 1. The van der Waals surface area contributed by atoms with Gasteiger partial charge in [-0.3, -0.25) is 0 Å². The smallest absolute Gasteiger partial charge is 0.137 e. The molecule has 0 amide bonds. The molecule has 276 valence electrons. The van der Waals surface area contributed by atoms with E-state index < -0.39 is 5.41 Å². The monoisotopic (exact) mass is 751 g/mol. The van der Waals surface area contributed by atoms with E-state index in [1.165, 1.54) is 72.3 Å². The Morgan fingerprint density at radius 2 is 0.898 bits per heavy atom. The molecule has 3 aliphatic carbocycles. The van der Waals surface area contributed by atoms with Gasteiger partial charge in [0.1, 0.15) is 11.2 Å².